The first-order valence-electron chi connectivity index (χ1n) is 8.61. The maximum atomic E-state index is 11.9. The summed E-state index contributed by atoms with van der Waals surface area (Å²) in [5.41, 5.74) is 4.82. The monoisotopic (exact) mass is 450 g/mol. The van der Waals surface area contributed by atoms with Crippen molar-refractivity contribution in [1.82, 2.24) is 5.43 Å². The van der Waals surface area contributed by atoms with Gasteiger partial charge < -0.3 is 9.15 Å². The second-order valence-electron chi connectivity index (χ2n) is 6.26. The molecule has 5 nitrogen and oxygen atoms in total. The number of rotatable bonds is 6. The largest absolute Gasteiger partial charge is 0.484 e. The standard InChI is InChI=1S/C21H17Cl3N2O3/c1-12-8-15(9-13(2)20(12)23)28-11-19(27)26-25-10-14-6-7-18(29-14)16-4-3-5-17(22)21(16)24/h3-10H,11H2,1-2H3,(H,26,27)/b25-10+. The molecule has 1 aromatic heterocycles. The molecule has 0 saturated carbocycles. The van der Waals surface area contributed by atoms with Gasteiger partial charge in [0.25, 0.3) is 5.91 Å². The molecular formula is C21H17Cl3N2O3. The Labute approximate surface area is 183 Å². The molecule has 0 atom stereocenters. The summed E-state index contributed by atoms with van der Waals surface area (Å²) < 4.78 is 11.1. The van der Waals surface area contributed by atoms with Crippen LogP contribution in [0, 0.1) is 13.8 Å². The molecule has 0 aliphatic carbocycles. The average molecular weight is 452 g/mol. The molecule has 8 heteroatoms. The van der Waals surface area contributed by atoms with Crippen LogP contribution >= 0.6 is 34.8 Å². The molecule has 1 amide bonds. The van der Waals surface area contributed by atoms with Crippen molar-refractivity contribution >= 4 is 46.9 Å². The number of ether oxygens (including phenoxy) is 1. The summed E-state index contributed by atoms with van der Waals surface area (Å²) in [4.78, 5) is 11.9. The highest BCUT2D eigenvalue weighted by Gasteiger charge is 2.10. The summed E-state index contributed by atoms with van der Waals surface area (Å²) >= 11 is 18.3. The van der Waals surface area contributed by atoms with Crippen LogP contribution in [-0.4, -0.2) is 18.7 Å². The Morgan fingerprint density at radius 3 is 2.55 bits per heavy atom. The van der Waals surface area contributed by atoms with Crippen LogP contribution in [0.4, 0.5) is 0 Å². The molecule has 0 bridgehead atoms. The summed E-state index contributed by atoms with van der Waals surface area (Å²) in [6.45, 7) is 3.57. The van der Waals surface area contributed by atoms with E-state index in [0.29, 0.717) is 37.9 Å². The zero-order valence-corrected chi connectivity index (χ0v) is 17.9. The van der Waals surface area contributed by atoms with E-state index >= 15 is 0 Å². The number of aryl methyl sites for hydroxylation is 2. The highest BCUT2D eigenvalue weighted by atomic mass is 35.5. The molecule has 1 N–H and O–H groups in total. The first kappa shape index (κ1) is 21.2. The topological polar surface area (TPSA) is 63.8 Å². The van der Waals surface area contributed by atoms with Crippen LogP contribution in [0.25, 0.3) is 11.3 Å². The fourth-order valence-electron chi connectivity index (χ4n) is 2.60. The Kier molecular flexibility index (Phi) is 6.85. The van der Waals surface area contributed by atoms with E-state index in [9.17, 15) is 4.79 Å². The third-order valence-corrected chi connectivity index (χ3v) is 5.42. The smallest absolute Gasteiger partial charge is 0.277 e. The van der Waals surface area contributed by atoms with Gasteiger partial charge in [0.2, 0.25) is 0 Å². The Hall–Kier alpha value is -2.47. The van der Waals surface area contributed by atoms with Crippen LogP contribution in [-0.2, 0) is 4.79 Å². The first-order valence-corrected chi connectivity index (χ1v) is 9.74. The van der Waals surface area contributed by atoms with Crippen molar-refractivity contribution in [2.45, 2.75) is 13.8 Å². The normalized spacial score (nSPS) is 11.1. The average Bonchev–Trinajstić information content (AvgIpc) is 3.15. The van der Waals surface area contributed by atoms with E-state index in [1.165, 1.54) is 6.21 Å². The van der Waals surface area contributed by atoms with Gasteiger partial charge in [-0.05, 0) is 61.4 Å². The van der Waals surface area contributed by atoms with Crippen LogP contribution in [0.1, 0.15) is 16.9 Å². The third kappa shape index (κ3) is 5.32. The maximum Gasteiger partial charge on any atom is 0.277 e. The third-order valence-electron chi connectivity index (χ3n) is 4.00. The quantitative estimate of drug-likeness (QED) is 0.366. The lowest BCUT2D eigenvalue weighted by Crippen LogP contribution is -2.24. The molecule has 3 aromatic rings. The number of nitrogens with zero attached hydrogens (tertiary/aromatic N) is 1. The van der Waals surface area contributed by atoms with Crippen molar-refractivity contribution in [3.05, 3.63) is 74.4 Å². The van der Waals surface area contributed by atoms with E-state index in [-0.39, 0.29) is 6.61 Å². The lowest BCUT2D eigenvalue weighted by molar-refractivity contribution is -0.123. The maximum absolute atomic E-state index is 11.9. The van der Waals surface area contributed by atoms with Gasteiger partial charge in [-0.3, -0.25) is 4.79 Å². The summed E-state index contributed by atoms with van der Waals surface area (Å²) in [6, 6.07) is 12.3. The molecule has 29 heavy (non-hydrogen) atoms. The second kappa shape index (κ2) is 9.35. The predicted octanol–water partition coefficient (Wildman–Crippen LogP) is 6.05. The van der Waals surface area contributed by atoms with E-state index in [4.69, 9.17) is 44.0 Å². The number of benzene rings is 2. The molecule has 0 unspecified atom stereocenters. The highest BCUT2D eigenvalue weighted by Crippen LogP contribution is 2.34. The van der Waals surface area contributed by atoms with Crippen molar-refractivity contribution in [3.8, 4) is 17.1 Å². The van der Waals surface area contributed by atoms with E-state index in [1.807, 2.05) is 13.8 Å². The van der Waals surface area contributed by atoms with Gasteiger partial charge in [0.05, 0.1) is 16.3 Å². The molecule has 0 aliphatic heterocycles. The fourth-order valence-corrected chi connectivity index (χ4v) is 3.10. The zero-order valence-electron chi connectivity index (χ0n) is 15.6. The second-order valence-corrected chi connectivity index (χ2v) is 7.42. The molecular weight excluding hydrogens is 435 g/mol. The van der Waals surface area contributed by atoms with Crippen molar-refractivity contribution in [1.29, 1.82) is 0 Å². The number of halogens is 3. The Morgan fingerprint density at radius 2 is 1.83 bits per heavy atom. The Morgan fingerprint density at radius 1 is 1.10 bits per heavy atom. The fraction of sp³-hybridized carbons (Fsp3) is 0.143. The highest BCUT2D eigenvalue weighted by molar-refractivity contribution is 6.43. The minimum atomic E-state index is -0.406. The number of amides is 1. The number of hydrogen-bond donors (Lipinski definition) is 1. The molecule has 0 spiro atoms. The number of furan rings is 1. The first-order chi connectivity index (χ1) is 13.8. The summed E-state index contributed by atoms with van der Waals surface area (Å²) in [7, 11) is 0. The van der Waals surface area contributed by atoms with Crippen molar-refractivity contribution in [3.63, 3.8) is 0 Å². The Bertz CT molecular complexity index is 1050. The number of hydrogen-bond acceptors (Lipinski definition) is 4. The predicted molar refractivity (Wildman–Crippen MR) is 116 cm³/mol. The van der Waals surface area contributed by atoms with Crippen molar-refractivity contribution < 1.29 is 13.9 Å². The lowest BCUT2D eigenvalue weighted by Gasteiger charge is -2.09. The van der Waals surface area contributed by atoms with E-state index in [1.54, 1.807) is 42.5 Å². The van der Waals surface area contributed by atoms with Gasteiger partial charge >= 0.3 is 0 Å². The molecule has 0 saturated heterocycles. The molecule has 3 rings (SSSR count). The molecule has 150 valence electrons. The van der Waals surface area contributed by atoms with Gasteiger partial charge in [-0.25, -0.2) is 5.43 Å². The van der Waals surface area contributed by atoms with Gasteiger partial charge in [-0.2, -0.15) is 5.10 Å². The van der Waals surface area contributed by atoms with Crippen LogP contribution in [0.15, 0.2) is 52.0 Å². The lowest BCUT2D eigenvalue weighted by atomic mass is 10.1. The zero-order chi connectivity index (χ0) is 21.0. The SMILES string of the molecule is Cc1cc(OCC(=O)N/N=C/c2ccc(-c3cccc(Cl)c3Cl)o2)cc(C)c1Cl. The number of carbonyl (C=O) groups excluding carboxylic acids is 1. The summed E-state index contributed by atoms with van der Waals surface area (Å²) in [6.07, 6.45) is 1.39. The van der Waals surface area contributed by atoms with Crippen LogP contribution in [0.5, 0.6) is 5.75 Å². The Balaban J connectivity index is 1.56. The van der Waals surface area contributed by atoms with E-state index in [2.05, 4.69) is 10.5 Å². The van der Waals surface area contributed by atoms with E-state index in [0.717, 1.165) is 11.1 Å². The van der Waals surface area contributed by atoms with Gasteiger partial charge in [0.15, 0.2) is 6.61 Å². The van der Waals surface area contributed by atoms with Gasteiger partial charge in [0, 0.05) is 10.6 Å². The van der Waals surface area contributed by atoms with Gasteiger partial charge in [-0.15, -0.1) is 0 Å². The molecule has 0 aliphatic rings. The number of nitrogens with one attached hydrogen (secondary N) is 1. The molecule has 2 aromatic carbocycles. The van der Waals surface area contributed by atoms with Crippen LogP contribution in [0.2, 0.25) is 15.1 Å². The number of carbonyl (C=O) groups is 1. The molecule has 0 fully saturated rings. The van der Waals surface area contributed by atoms with Gasteiger partial charge in [-0.1, -0.05) is 40.9 Å². The van der Waals surface area contributed by atoms with Crippen molar-refractivity contribution in [2.75, 3.05) is 6.61 Å². The van der Waals surface area contributed by atoms with E-state index < -0.39 is 5.91 Å². The molecule has 1 heterocycles. The van der Waals surface area contributed by atoms with Gasteiger partial charge in [0.1, 0.15) is 17.3 Å². The summed E-state index contributed by atoms with van der Waals surface area (Å²) in [5.74, 6) is 1.15. The minimum Gasteiger partial charge on any atom is -0.484 e. The molecule has 0 radical (unpaired) electrons. The number of hydrazone groups is 1. The van der Waals surface area contributed by atoms with Crippen molar-refractivity contribution in [2.24, 2.45) is 5.10 Å². The van der Waals surface area contributed by atoms with Crippen LogP contribution in [0.3, 0.4) is 0 Å². The van der Waals surface area contributed by atoms with Crippen LogP contribution < -0.4 is 10.2 Å². The summed E-state index contributed by atoms with van der Waals surface area (Å²) in [5, 5.41) is 5.40. The minimum absolute atomic E-state index is 0.181.